The number of nitrogens with two attached hydrogens (primary N) is 1. The fourth-order valence-corrected chi connectivity index (χ4v) is 2.67. The first-order valence-electron chi connectivity index (χ1n) is 7.90. The molecule has 0 aromatic heterocycles. The van der Waals surface area contributed by atoms with Gasteiger partial charge in [-0.25, -0.2) is 4.99 Å². The second-order valence-electron chi connectivity index (χ2n) is 5.61. The number of hydrogen-bond acceptors (Lipinski definition) is 6. The summed E-state index contributed by atoms with van der Waals surface area (Å²) in [5, 5.41) is 12.1. The number of alkyl halides is 3. The van der Waals surface area contributed by atoms with E-state index >= 15 is 0 Å². The molecule has 0 fully saturated rings. The summed E-state index contributed by atoms with van der Waals surface area (Å²) in [5.74, 6) is 3.98. The van der Waals surface area contributed by atoms with Gasteiger partial charge in [0.1, 0.15) is 25.9 Å². The van der Waals surface area contributed by atoms with Crippen LogP contribution in [0.1, 0.15) is 11.1 Å². The van der Waals surface area contributed by atoms with E-state index < -0.39 is 18.0 Å². The van der Waals surface area contributed by atoms with Crippen LogP contribution in [-0.4, -0.2) is 37.7 Å². The maximum absolute atomic E-state index is 12.3. The molecule has 12 heteroatoms. The van der Waals surface area contributed by atoms with Gasteiger partial charge in [0.25, 0.3) is 0 Å². The lowest BCUT2D eigenvalue weighted by Gasteiger charge is -2.11. The van der Waals surface area contributed by atoms with Gasteiger partial charge in [0.15, 0.2) is 0 Å². The molecule has 29 heavy (non-hydrogen) atoms. The highest BCUT2D eigenvalue weighted by atomic mass is 79.9. The SMILES string of the molecule is [B]c1cc(C(=NCC(=O)NCc2cccc(OC(F)(F)F)c2)ON)cc(Br)c1O. The molecule has 0 heterocycles. The van der Waals surface area contributed by atoms with Crippen LogP contribution in [0.25, 0.3) is 0 Å². The summed E-state index contributed by atoms with van der Waals surface area (Å²) in [5.41, 5.74) is 0.763. The third-order valence-corrected chi connectivity index (χ3v) is 4.04. The first kappa shape index (κ1) is 22.6. The highest BCUT2D eigenvalue weighted by molar-refractivity contribution is 9.10. The van der Waals surface area contributed by atoms with Gasteiger partial charge in [-0.15, -0.1) is 13.2 Å². The summed E-state index contributed by atoms with van der Waals surface area (Å²) in [4.78, 5) is 20.5. The van der Waals surface area contributed by atoms with Crippen LogP contribution >= 0.6 is 15.9 Å². The second-order valence-corrected chi connectivity index (χ2v) is 6.46. The van der Waals surface area contributed by atoms with Crippen LogP contribution in [0.2, 0.25) is 0 Å². The normalized spacial score (nSPS) is 11.8. The Morgan fingerprint density at radius 2 is 2.03 bits per heavy atom. The zero-order valence-corrected chi connectivity index (χ0v) is 16.3. The van der Waals surface area contributed by atoms with Crippen molar-refractivity contribution >= 4 is 41.0 Å². The van der Waals surface area contributed by atoms with Crippen LogP contribution in [0, 0.1) is 0 Å². The van der Waals surface area contributed by atoms with Crippen LogP contribution in [0.4, 0.5) is 13.2 Å². The van der Waals surface area contributed by atoms with Crippen molar-refractivity contribution in [3.8, 4) is 11.5 Å². The lowest BCUT2D eigenvalue weighted by molar-refractivity contribution is -0.274. The van der Waals surface area contributed by atoms with Crippen molar-refractivity contribution in [1.82, 2.24) is 5.32 Å². The molecule has 0 bridgehead atoms. The summed E-state index contributed by atoms with van der Waals surface area (Å²) < 4.78 is 40.9. The number of nitrogens with one attached hydrogen (secondary N) is 1. The Hall–Kier alpha value is -2.73. The molecule has 2 radical (unpaired) electrons. The molecular weight excluding hydrogens is 458 g/mol. The predicted molar refractivity (Wildman–Crippen MR) is 103 cm³/mol. The van der Waals surface area contributed by atoms with Crippen molar-refractivity contribution in [3.63, 3.8) is 0 Å². The van der Waals surface area contributed by atoms with E-state index in [9.17, 15) is 23.1 Å². The van der Waals surface area contributed by atoms with E-state index in [1.807, 2.05) is 0 Å². The minimum absolute atomic E-state index is 0.0417. The summed E-state index contributed by atoms with van der Waals surface area (Å²) >= 11 is 3.11. The first-order valence-corrected chi connectivity index (χ1v) is 8.69. The quantitative estimate of drug-likeness (QED) is 0.258. The van der Waals surface area contributed by atoms with E-state index in [4.69, 9.17) is 13.7 Å². The Bertz CT molecular complexity index is 902. The van der Waals surface area contributed by atoms with Crippen molar-refractivity contribution in [2.24, 2.45) is 10.9 Å². The third-order valence-electron chi connectivity index (χ3n) is 3.44. The Balaban J connectivity index is 1.99. The summed E-state index contributed by atoms with van der Waals surface area (Å²) in [6, 6.07) is 8.00. The molecule has 0 aliphatic carbocycles. The van der Waals surface area contributed by atoms with E-state index in [0.29, 0.717) is 11.1 Å². The van der Waals surface area contributed by atoms with Crippen molar-refractivity contribution in [3.05, 3.63) is 52.0 Å². The zero-order chi connectivity index (χ0) is 21.6. The standard InChI is InChI=1S/C17H14BBrF3N3O4/c18-12-5-10(6-13(19)15(12)27)16(29-23)25-8-14(26)24-7-9-2-1-3-11(4-9)28-17(20,21)22/h1-6,27H,7-8,23H2,(H,24,26). The molecule has 0 unspecified atom stereocenters. The third kappa shape index (κ3) is 6.98. The lowest BCUT2D eigenvalue weighted by Crippen LogP contribution is -2.26. The molecule has 0 atom stereocenters. The van der Waals surface area contributed by atoms with Gasteiger partial charge in [0.05, 0.1) is 4.47 Å². The maximum Gasteiger partial charge on any atom is 0.573 e. The average molecular weight is 472 g/mol. The molecule has 2 aromatic carbocycles. The topological polar surface area (TPSA) is 106 Å². The van der Waals surface area contributed by atoms with Gasteiger partial charge >= 0.3 is 6.36 Å². The summed E-state index contributed by atoms with van der Waals surface area (Å²) in [6.45, 7) is -0.413. The van der Waals surface area contributed by atoms with Crippen LogP contribution in [0.15, 0.2) is 45.9 Å². The Morgan fingerprint density at radius 3 is 2.66 bits per heavy atom. The number of nitrogens with zero attached hydrogens (tertiary/aromatic N) is 1. The fourth-order valence-electron chi connectivity index (χ4n) is 2.19. The predicted octanol–water partition coefficient (Wildman–Crippen LogP) is 1.80. The first-order chi connectivity index (χ1) is 13.6. The van der Waals surface area contributed by atoms with Crippen molar-refractivity contribution < 1.29 is 32.6 Å². The molecule has 0 saturated carbocycles. The average Bonchev–Trinajstić information content (AvgIpc) is 2.63. The van der Waals surface area contributed by atoms with Crippen LogP contribution in [-0.2, 0) is 16.2 Å². The number of amides is 1. The number of carbonyl (C=O) groups excluding carboxylic acids is 1. The van der Waals surface area contributed by atoms with Gasteiger partial charge in [-0.2, -0.15) is 5.90 Å². The molecule has 7 nitrogen and oxygen atoms in total. The Morgan fingerprint density at radius 1 is 1.31 bits per heavy atom. The van der Waals surface area contributed by atoms with E-state index in [0.717, 1.165) is 12.1 Å². The molecule has 0 aliphatic heterocycles. The van der Waals surface area contributed by atoms with Gasteiger partial charge < -0.3 is 20.0 Å². The molecule has 0 saturated heterocycles. The molecule has 0 aliphatic rings. The van der Waals surface area contributed by atoms with Gasteiger partial charge in [0.2, 0.25) is 11.8 Å². The highest BCUT2D eigenvalue weighted by Crippen LogP contribution is 2.24. The van der Waals surface area contributed by atoms with Gasteiger partial charge in [-0.3, -0.25) is 4.79 Å². The number of ether oxygens (including phenoxy) is 1. The number of halogens is 4. The van der Waals surface area contributed by atoms with E-state index in [-0.39, 0.29) is 34.7 Å². The van der Waals surface area contributed by atoms with Crippen molar-refractivity contribution in [2.45, 2.75) is 12.9 Å². The molecule has 4 N–H and O–H groups in total. The monoisotopic (exact) mass is 471 g/mol. The van der Waals surface area contributed by atoms with E-state index in [1.165, 1.54) is 24.3 Å². The molecule has 0 spiro atoms. The Labute approximate surface area is 173 Å². The smallest absolute Gasteiger partial charge is 0.507 e. The number of phenolic OH excluding ortho intramolecular Hbond substituents is 1. The van der Waals surface area contributed by atoms with Crippen molar-refractivity contribution in [2.75, 3.05) is 6.54 Å². The van der Waals surface area contributed by atoms with Gasteiger partial charge in [-0.05, 0) is 39.7 Å². The number of carbonyl (C=O) groups is 1. The van der Waals surface area contributed by atoms with E-state index in [1.54, 1.807) is 0 Å². The highest BCUT2D eigenvalue weighted by Gasteiger charge is 2.31. The summed E-state index contributed by atoms with van der Waals surface area (Å²) in [6.07, 6.45) is -4.80. The van der Waals surface area contributed by atoms with Gasteiger partial charge in [0, 0.05) is 12.1 Å². The van der Waals surface area contributed by atoms with Crippen LogP contribution < -0.4 is 21.4 Å². The molecule has 152 valence electrons. The molecular formula is C17H14BBrF3N3O4. The molecule has 2 rings (SSSR count). The van der Waals surface area contributed by atoms with Crippen LogP contribution in [0.5, 0.6) is 11.5 Å². The minimum atomic E-state index is -4.80. The number of aromatic hydroxyl groups is 1. The van der Waals surface area contributed by atoms with E-state index in [2.05, 4.69) is 35.8 Å². The number of rotatable bonds is 6. The number of hydrogen-bond donors (Lipinski definition) is 3. The number of benzene rings is 2. The van der Waals surface area contributed by atoms with Gasteiger partial charge in [-0.1, -0.05) is 23.7 Å². The molecule has 2 aromatic rings. The summed E-state index contributed by atoms with van der Waals surface area (Å²) in [7, 11) is 5.64. The number of aliphatic imine (C=N–C) groups is 1. The second kappa shape index (κ2) is 9.66. The van der Waals surface area contributed by atoms with Crippen molar-refractivity contribution in [1.29, 1.82) is 0 Å². The number of phenols is 1. The maximum atomic E-state index is 12.3. The fraction of sp³-hybridized carbons (Fsp3) is 0.176. The minimum Gasteiger partial charge on any atom is -0.507 e. The lowest BCUT2D eigenvalue weighted by atomic mass is 9.93. The zero-order valence-electron chi connectivity index (χ0n) is 14.7. The van der Waals surface area contributed by atoms with Crippen LogP contribution in [0.3, 0.4) is 0 Å². The molecule has 1 amide bonds. The largest absolute Gasteiger partial charge is 0.573 e. The Kier molecular flexibility index (Phi) is 7.51.